The average Bonchev–Trinajstić information content (AvgIpc) is 2.12. The van der Waals surface area contributed by atoms with Gasteiger partial charge in [-0.3, -0.25) is 0 Å². The fourth-order valence-electron chi connectivity index (χ4n) is 1.40. The van der Waals surface area contributed by atoms with Crippen molar-refractivity contribution in [2.75, 3.05) is 0 Å². The molecule has 0 N–H and O–H groups in total. The van der Waals surface area contributed by atoms with E-state index in [0.29, 0.717) is 10.9 Å². The fourth-order valence-corrected chi connectivity index (χ4v) is 1.40. The normalized spacial score (nSPS) is 10.7. The molecule has 0 unspecified atom stereocenters. The van der Waals surface area contributed by atoms with Crippen LogP contribution in [-0.2, 0) is 0 Å². The lowest BCUT2D eigenvalue weighted by atomic mass is 10.1. The smallest absolute Gasteiger partial charge is 0.136 e. The number of hydrogen-bond acceptors (Lipinski definition) is 0. The van der Waals surface area contributed by atoms with Gasteiger partial charge in [-0.1, -0.05) is 24.3 Å². The van der Waals surface area contributed by atoms with Crippen LogP contribution < -0.4 is 0 Å². The second-order valence-electron chi connectivity index (χ2n) is 3.03. The van der Waals surface area contributed by atoms with Gasteiger partial charge in [0.1, 0.15) is 11.6 Å². The first-order valence-corrected chi connectivity index (χ1v) is 4.03. The minimum absolute atomic E-state index is 0.0856. The molecule has 2 rings (SSSR count). The Labute approximate surface area is 74.8 Å². The Kier molecular flexibility index (Phi) is 1.76. The van der Waals surface area contributed by atoms with E-state index in [4.69, 9.17) is 0 Å². The summed E-state index contributed by atoms with van der Waals surface area (Å²) >= 11 is 0. The second-order valence-corrected chi connectivity index (χ2v) is 3.03. The van der Waals surface area contributed by atoms with E-state index < -0.39 is 11.6 Å². The van der Waals surface area contributed by atoms with Crippen LogP contribution in [0.2, 0.25) is 0 Å². The van der Waals surface area contributed by atoms with Crippen LogP contribution in [0.4, 0.5) is 8.78 Å². The SMILES string of the molecule is Cc1ccc2cccc(F)c2c1F. The molecule has 0 radical (unpaired) electrons. The van der Waals surface area contributed by atoms with Crippen LogP contribution in [0.1, 0.15) is 5.56 Å². The lowest BCUT2D eigenvalue weighted by Crippen LogP contribution is -1.87. The fraction of sp³-hybridized carbons (Fsp3) is 0.0909. The third-order valence-corrected chi connectivity index (χ3v) is 2.12. The zero-order valence-electron chi connectivity index (χ0n) is 7.14. The number of aryl methyl sites for hydroxylation is 1. The highest BCUT2D eigenvalue weighted by Crippen LogP contribution is 2.22. The summed E-state index contributed by atoms with van der Waals surface area (Å²) in [4.78, 5) is 0. The molecule has 0 nitrogen and oxygen atoms in total. The highest BCUT2D eigenvalue weighted by Gasteiger charge is 2.07. The summed E-state index contributed by atoms with van der Waals surface area (Å²) in [5, 5.41) is 0.686. The maximum absolute atomic E-state index is 13.4. The quantitative estimate of drug-likeness (QED) is 0.579. The summed E-state index contributed by atoms with van der Waals surface area (Å²) in [6.07, 6.45) is 0. The summed E-state index contributed by atoms with van der Waals surface area (Å²) in [6.45, 7) is 1.63. The van der Waals surface area contributed by atoms with Gasteiger partial charge in [0.2, 0.25) is 0 Å². The zero-order chi connectivity index (χ0) is 9.42. The van der Waals surface area contributed by atoms with E-state index in [-0.39, 0.29) is 5.39 Å². The molecule has 66 valence electrons. The molecule has 0 saturated carbocycles. The van der Waals surface area contributed by atoms with Crippen LogP contribution in [0.5, 0.6) is 0 Å². The molecule has 0 aliphatic heterocycles. The van der Waals surface area contributed by atoms with E-state index in [0.717, 1.165) is 0 Å². The van der Waals surface area contributed by atoms with E-state index in [2.05, 4.69) is 0 Å². The Morgan fingerprint density at radius 3 is 2.54 bits per heavy atom. The van der Waals surface area contributed by atoms with Crippen molar-refractivity contribution in [3.05, 3.63) is 47.5 Å². The predicted octanol–water partition coefficient (Wildman–Crippen LogP) is 3.43. The van der Waals surface area contributed by atoms with Gasteiger partial charge in [-0.25, -0.2) is 8.78 Å². The Balaban J connectivity index is 2.97. The van der Waals surface area contributed by atoms with Crippen LogP contribution in [0.15, 0.2) is 30.3 Å². The van der Waals surface area contributed by atoms with Gasteiger partial charge >= 0.3 is 0 Å². The van der Waals surface area contributed by atoms with Gasteiger partial charge < -0.3 is 0 Å². The van der Waals surface area contributed by atoms with Crippen molar-refractivity contribution in [1.82, 2.24) is 0 Å². The van der Waals surface area contributed by atoms with Gasteiger partial charge in [0.25, 0.3) is 0 Å². The molecule has 2 aromatic rings. The first-order chi connectivity index (χ1) is 6.20. The highest BCUT2D eigenvalue weighted by molar-refractivity contribution is 5.84. The van der Waals surface area contributed by atoms with Crippen LogP contribution in [-0.4, -0.2) is 0 Å². The van der Waals surface area contributed by atoms with Crippen molar-refractivity contribution in [3.8, 4) is 0 Å². The van der Waals surface area contributed by atoms with Crippen LogP contribution in [0.3, 0.4) is 0 Å². The molecule has 0 aliphatic rings. The standard InChI is InChI=1S/C11H8F2/c1-7-5-6-8-3-2-4-9(12)10(8)11(7)13/h2-6H,1H3. The molecule has 2 heteroatoms. The molecule has 0 saturated heterocycles. The molecular formula is C11H8F2. The number of rotatable bonds is 0. The first-order valence-electron chi connectivity index (χ1n) is 4.03. The van der Waals surface area contributed by atoms with Gasteiger partial charge in [-0.05, 0) is 23.9 Å². The van der Waals surface area contributed by atoms with Gasteiger partial charge in [0.15, 0.2) is 0 Å². The molecule has 0 fully saturated rings. The number of hydrogen-bond donors (Lipinski definition) is 0. The van der Waals surface area contributed by atoms with Gasteiger partial charge in [0.05, 0.1) is 5.39 Å². The maximum atomic E-state index is 13.4. The maximum Gasteiger partial charge on any atom is 0.136 e. The summed E-state index contributed by atoms with van der Waals surface area (Å²) in [5.74, 6) is -0.964. The van der Waals surface area contributed by atoms with Crippen LogP contribution in [0, 0.1) is 18.6 Å². The van der Waals surface area contributed by atoms with Gasteiger partial charge in [-0.2, -0.15) is 0 Å². The Morgan fingerprint density at radius 1 is 1.00 bits per heavy atom. The monoisotopic (exact) mass is 178 g/mol. The number of fused-ring (bicyclic) bond motifs is 1. The highest BCUT2D eigenvalue weighted by atomic mass is 19.1. The molecule has 0 aliphatic carbocycles. The average molecular weight is 178 g/mol. The summed E-state index contributed by atoms with van der Waals surface area (Å²) in [5.41, 5.74) is 0.470. The molecule has 0 heterocycles. The third-order valence-electron chi connectivity index (χ3n) is 2.12. The van der Waals surface area contributed by atoms with E-state index in [1.165, 1.54) is 6.07 Å². The minimum atomic E-state index is -0.501. The van der Waals surface area contributed by atoms with E-state index in [9.17, 15) is 8.78 Å². The largest absolute Gasteiger partial charge is 0.206 e. The lowest BCUT2D eigenvalue weighted by molar-refractivity contribution is 0.603. The molecule has 0 amide bonds. The van der Waals surface area contributed by atoms with Crippen molar-refractivity contribution < 1.29 is 8.78 Å². The molecule has 2 aromatic carbocycles. The van der Waals surface area contributed by atoms with Crippen molar-refractivity contribution >= 4 is 10.8 Å². The first kappa shape index (κ1) is 8.17. The molecule has 0 spiro atoms. The number of benzene rings is 2. The number of halogens is 2. The predicted molar refractivity (Wildman–Crippen MR) is 48.6 cm³/mol. The van der Waals surface area contributed by atoms with Crippen molar-refractivity contribution in [2.45, 2.75) is 6.92 Å². The van der Waals surface area contributed by atoms with Crippen molar-refractivity contribution in [2.24, 2.45) is 0 Å². The molecule has 0 atom stereocenters. The summed E-state index contributed by atoms with van der Waals surface area (Å²) < 4.78 is 26.6. The van der Waals surface area contributed by atoms with E-state index in [1.54, 1.807) is 31.2 Å². The topological polar surface area (TPSA) is 0 Å². The molecule has 13 heavy (non-hydrogen) atoms. The molecule has 0 bridgehead atoms. The van der Waals surface area contributed by atoms with E-state index in [1.807, 2.05) is 0 Å². The minimum Gasteiger partial charge on any atom is -0.206 e. The van der Waals surface area contributed by atoms with Crippen LogP contribution in [0.25, 0.3) is 10.8 Å². The Morgan fingerprint density at radius 2 is 1.77 bits per heavy atom. The van der Waals surface area contributed by atoms with Crippen molar-refractivity contribution in [3.63, 3.8) is 0 Å². The summed E-state index contributed by atoms with van der Waals surface area (Å²) in [6, 6.07) is 7.91. The lowest BCUT2D eigenvalue weighted by Gasteiger charge is -2.02. The zero-order valence-corrected chi connectivity index (χ0v) is 7.14. The van der Waals surface area contributed by atoms with Gasteiger partial charge in [0, 0.05) is 0 Å². The third kappa shape index (κ3) is 1.18. The van der Waals surface area contributed by atoms with Crippen molar-refractivity contribution in [1.29, 1.82) is 0 Å². The molecular weight excluding hydrogens is 170 g/mol. The second kappa shape index (κ2) is 2.80. The Hall–Kier alpha value is -1.44. The molecule has 0 aromatic heterocycles. The van der Waals surface area contributed by atoms with Crippen LogP contribution >= 0.6 is 0 Å². The summed E-state index contributed by atoms with van der Waals surface area (Å²) in [7, 11) is 0. The van der Waals surface area contributed by atoms with Gasteiger partial charge in [-0.15, -0.1) is 0 Å². The Bertz CT molecular complexity index is 461. The van der Waals surface area contributed by atoms with E-state index >= 15 is 0 Å².